The molecule has 0 spiro atoms. The fourth-order valence-corrected chi connectivity index (χ4v) is 4.33. The van der Waals surface area contributed by atoms with Crippen LogP contribution in [0.1, 0.15) is 31.3 Å². The van der Waals surface area contributed by atoms with Gasteiger partial charge in [0.2, 0.25) is 5.91 Å². The van der Waals surface area contributed by atoms with Gasteiger partial charge in [-0.2, -0.15) is 5.10 Å². The topological polar surface area (TPSA) is 130 Å². The third kappa shape index (κ3) is 4.05. The third-order valence-corrected chi connectivity index (χ3v) is 6.08. The zero-order valence-electron chi connectivity index (χ0n) is 16.6. The molecule has 0 bridgehead atoms. The minimum Gasteiger partial charge on any atom is -0.456 e. The number of ether oxygens (including phenoxy) is 1. The van der Waals surface area contributed by atoms with E-state index >= 15 is 0 Å². The number of fused-ring (bicyclic) bond motifs is 1. The summed E-state index contributed by atoms with van der Waals surface area (Å²) in [6, 6.07) is 12.6. The van der Waals surface area contributed by atoms with Crippen molar-refractivity contribution in [3.63, 3.8) is 0 Å². The van der Waals surface area contributed by atoms with E-state index in [1.807, 2.05) is 19.1 Å². The summed E-state index contributed by atoms with van der Waals surface area (Å²) >= 11 is 7.16. The van der Waals surface area contributed by atoms with Crippen LogP contribution in [0.15, 0.2) is 48.5 Å². The number of esters is 1. The minimum atomic E-state index is -0.785. The zero-order chi connectivity index (χ0) is 23.0. The second-order valence-electron chi connectivity index (χ2n) is 6.84. The molecule has 2 aromatic heterocycles. The summed E-state index contributed by atoms with van der Waals surface area (Å²) in [6.45, 7) is 1.50. The van der Waals surface area contributed by atoms with Crippen molar-refractivity contribution in [3.05, 3.63) is 85.4 Å². The fraction of sp³-hybridized carbons (Fsp3) is 0.0952. The second-order valence-corrected chi connectivity index (χ2v) is 8.31. The number of nitro groups is 1. The van der Waals surface area contributed by atoms with Gasteiger partial charge in [-0.3, -0.25) is 14.9 Å². The van der Waals surface area contributed by atoms with Gasteiger partial charge in [-0.25, -0.2) is 9.48 Å². The van der Waals surface area contributed by atoms with Crippen molar-refractivity contribution >= 4 is 50.7 Å². The number of rotatable bonds is 6. The van der Waals surface area contributed by atoms with Crippen molar-refractivity contribution in [1.29, 1.82) is 0 Å². The number of amides is 1. The number of aryl methyl sites for hydroxylation is 1. The van der Waals surface area contributed by atoms with E-state index in [1.54, 1.807) is 22.9 Å². The molecule has 2 aromatic carbocycles. The molecular formula is C21H15ClN4O5S. The molecule has 0 aliphatic rings. The van der Waals surface area contributed by atoms with Crippen molar-refractivity contribution in [2.24, 2.45) is 5.73 Å². The average Bonchev–Trinajstić information content (AvgIpc) is 3.33. The minimum absolute atomic E-state index is 0.00138. The SMILES string of the molecule is Cc1nn(-c2ccc(Cl)cc2)c2sc(C(=O)OCc3ccc(C(N)=O)cc3[N+](=O)[O-])cc12. The molecular weight excluding hydrogens is 456 g/mol. The third-order valence-electron chi connectivity index (χ3n) is 4.74. The first-order valence-electron chi connectivity index (χ1n) is 9.24. The molecule has 11 heteroatoms. The first-order chi connectivity index (χ1) is 15.2. The first kappa shape index (κ1) is 21.5. The Morgan fingerprint density at radius 1 is 1.22 bits per heavy atom. The maximum absolute atomic E-state index is 12.6. The van der Waals surface area contributed by atoms with Crippen LogP contribution < -0.4 is 5.73 Å². The van der Waals surface area contributed by atoms with Crippen molar-refractivity contribution < 1.29 is 19.2 Å². The zero-order valence-corrected chi connectivity index (χ0v) is 18.1. The maximum Gasteiger partial charge on any atom is 0.348 e. The quantitative estimate of drug-likeness (QED) is 0.252. The van der Waals surface area contributed by atoms with Crippen molar-refractivity contribution in [2.75, 3.05) is 0 Å². The number of thiophene rings is 1. The molecule has 2 heterocycles. The number of nitrogens with zero attached hydrogens (tertiary/aromatic N) is 3. The summed E-state index contributed by atoms with van der Waals surface area (Å²) in [5, 5.41) is 17.2. The number of carbonyl (C=O) groups excluding carboxylic acids is 2. The van der Waals surface area contributed by atoms with Gasteiger partial charge in [0.15, 0.2) is 0 Å². The average molecular weight is 471 g/mol. The molecule has 4 rings (SSSR count). The standard InChI is InChI=1S/C21H15ClN4O5S/c1-11-16-9-18(32-20(16)25(24-11)15-6-4-14(22)5-7-15)21(28)31-10-13-3-2-12(19(23)27)8-17(13)26(29)30/h2-9H,10H2,1H3,(H2,23,27). The molecule has 0 saturated carbocycles. The van der Waals surface area contributed by atoms with Gasteiger partial charge in [-0.15, -0.1) is 11.3 Å². The number of halogens is 1. The maximum atomic E-state index is 12.6. The number of benzene rings is 2. The summed E-state index contributed by atoms with van der Waals surface area (Å²) in [5.41, 5.74) is 6.50. The number of hydrogen-bond acceptors (Lipinski definition) is 7. The van der Waals surface area contributed by atoms with Gasteiger partial charge in [-0.05, 0) is 49.4 Å². The smallest absolute Gasteiger partial charge is 0.348 e. The van der Waals surface area contributed by atoms with E-state index in [2.05, 4.69) is 5.10 Å². The van der Waals surface area contributed by atoms with Crippen molar-refractivity contribution in [3.8, 4) is 5.69 Å². The lowest BCUT2D eigenvalue weighted by Crippen LogP contribution is -2.12. The normalized spacial score (nSPS) is 10.9. The molecule has 32 heavy (non-hydrogen) atoms. The van der Waals surface area contributed by atoms with E-state index < -0.39 is 16.8 Å². The fourth-order valence-electron chi connectivity index (χ4n) is 3.13. The summed E-state index contributed by atoms with van der Waals surface area (Å²) in [6.07, 6.45) is 0. The summed E-state index contributed by atoms with van der Waals surface area (Å²) in [4.78, 5) is 35.7. The molecule has 1 amide bonds. The van der Waals surface area contributed by atoms with Gasteiger partial charge in [0, 0.05) is 22.0 Å². The lowest BCUT2D eigenvalue weighted by Gasteiger charge is -2.06. The van der Waals surface area contributed by atoms with E-state index in [4.69, 9.17) is 22.1 Å². The van der Waals surface area contributed by atoms with Crippen molar-refractivity contribution in [2.45, 2.75) is 13.5 Å². The van der Waals surface area contributed by atoms with Crippen LogP contribution in [0.3, 0.4) is 0 Å². The van der Waals surface area contributed by atoms with E-state index in [0.29, 0.717) is 9.90 Å². The van der Waals surface area contributed by atoms with Gasteiger partial charge >= 0.3 is 5.97 Å². The predicted octanol–water partition coefficient (Wildman–Crippen LogP) is 4.41. The van der Waals surface area contributed by atoms with Crippen LogP contribution in [0.5, 0.6) is 0 Å². The van der Waals surface area contributed by atoms with Crippen LogP contribution in [-0.4, -0.2) is 26.6 Å². The lowest BCUT2D eigenvalue weighted by atomic mass is 10.1. The molecule has 9 nitrogen and oxygen atoms in total. The van der Waals surface area contributed by atoms with E-state index in [-0.39, 0.29) is 23.4 Å². The Labute approximate surface area is 190 Å². The molecule has 0 fully saturated rings. The van der Waals surface area contributed by atoms with E-state index in [0.717, 1.165) is 27.7 Å². The molecule has 0 radical (unpaired) electrons. The van der Waals surface area contributed by atoms with Gasteiger partial charge in [0.1, 0.15) is 16.3 Å². The number of aromatic nitrogens is 2. The summed E-state index contributed by atoms with van der Waals surface area (Å²) in [5.74, 6) is -1.41. The number of nitrogens with two attached hydrogens (primary N) is 1. The predicted molar refractivity (Wildman–Crippen MR) is 119 cm³/mol. The summed E-state index contributed by atoms with van der Waals surface area (Å²) in [7, 11) is 0. The largest absolute Gasteiger partial charge is 0.456 e. The number of hydrogen-bond donors (Lipinski definition) is 1. The Morgan fingerprint density at radius 2 is 1.94 bits per heavy atom. The Kier molecular flexibility index (Phi) is 5.64. The van der Waals surface area contributed by atoms with E-state index in [1.165, 1.54) is 23.5 Å². The number of nitro benzene ring substituents is 1. The van der Waals surface area contributed by atoms with Gasteiger partial charge < -0.3 is 10.5 Å². The Balaban J connectivity index is 1.59. The van der Waals surface area contributed by atoms with Gasteiger partial charge in [0.25, 0.3) is 5.69 Å². The molecule has 0 saturated heterocycles. The first-order valence-corrected chi connectivity index (χ1v) is 10.4. The molecule has 2 N–H and O–H groups in total. The highest BCUT2D eigenvalue weighted by Gasteiger charge is 2.21. The van der Waals surface area contributed by atoms with E-state index in [9.17, 15) is 19.7 Å². The van der Waals surface area contributed by atoms with Gasteiger partial charge in [0.05, 0.1) is 21.9 Å². The molecule has 0 aliphatic heterocycles. The highest BCUT2D eigenvalue weighted by atomic mass is 35.5. The monoisotopic (exact) mass is 470 g/mol. The number of primary amides is 1. The van der Waals surface area contributed by atoms with Crippen molar-refractivity contribution in [1.82, 2.24) is 9.78 Å². The Hall–Kier alpha value is -3.76. The van der Waals surface area contributed by atoms with Gasteiger partial charge in [-0.1, -0.05) is 11.6 Å². The molecule has 0 aliphatic carbocycles. The molecule has 4 aromatic rings. The van der Waals surface area contributed by atoms with Crippen LogP contribution in [0.2, 0.25) is 5.02 Å². The van der Waals surface area contributed by atoms with Crippen LogP contribution in [0.25, 0.3) is 15.9 Å². The highest BCUT2D eigenvalue weighted by Crippen LogP contribution is 2.31. The lowest BCUT2D eigenvalue weighted by molar-refractivity contribution is -0.385. The number of carbonyl (C=O) groups is 2. The molecule has 0 unspecified atom stereocenters. The van der Waals surface area contributed by atoms with Crippen LogP contribution in [-0.2, 0) is 11.3 Å². The van der Waals surface area contributed by atoms with Crippen LogP contribution in [0.4, 0.5) is 5.69 Å². The Bertz CT molecular complexity index is 1380. The molecule has 162 valence electrons. The molecule has 0 atom stereocenters. The summed E-state index contributed by atoms with van der Waals surface area (Å²) < 4.78 is 7.03. The second kappa shape index (κ2) is 8.40. The van der Waals surface area contributed by atoms with Crippen LogP contribution in [0, 0.1) is 17.0 Å². The highest BCUT2D eigenvalue weighted by molar-refractivity contribution is 7.20. The van der Waals surface area contributed by atoms with Crippen LogP contribution >= 0.6 is 22.9 Å². The Morgan fingerprint density at radius 3 is 2.59 bits per heavy atom.